The summed E-state index contributed by atoms with van der Waals surface area (Å²) in [5.74, 6) is -0.109. The van der Waals surface area contributed by atoms with Crippen molar-refractivity contribution in [3.05, 3.63) is 60.4 Å². The summed E-state index contributed by atoms with van der Waals surface area (Å²) in [5, 5.41) is 11.4. The maximum Gasteiger partial charge on any atom is 0.269 e. The SMILES string of the molecule is O=C(NCc1ccccc1-n1cncn1)c1ccnn1C1CC1. The molecule has 0 aliphatic heterocycles. The second-order valence-corrected chi connectivity index (χ2v) is 5.54. The first-order chi connectivity index (χ1) is 11.3. The van der Waals surface area contributed by atoms with E-state index in [0.717, 1.165) is 24.1 Å². The summed E-state index contributed by atoms with van der Waals surface area (Å²) in [5.41, 5.74) is 2.50. The summed E-state index contributed by atoms with van der Waals surface area (Å²) in [6, 6.07) is 9.94. The zero-order valence-electron chi connectivity index (χ0n) is 12.5. The molecule has 7 heteroatoms. The van der Waals surface area contributed by atoms with Crippen molar-refractivity contribution in [2.24, 2.45) is 0 Å². The molecule has 0 atom stereocenters. The van der Waals surface area contributed by atoms with Crippen LogP contribution in [0.2, 0.25) is 0 Å². The van der Waals surface area contributed by atoms with E-state index in [-0.39, 0.29) is 5.91 Å². The van der Waals surface area contributed by atoms with Crippen molar-refractivity contribution in [2.75, 3.05) is 0 Å². The predicted octanol–water partition coefficient (Wildman–Crippen LogP) is 1.73. The van der Waals surface area contributed by atoms with Gasteiger partial charge < -0.3 is 5.32 Å². The summed E-state index contributed by atoms with van der Waals surface area (Å²) >= 11 is 0. The van der Waals surface area contributed by atoms with Gasteiger partial charge in [0.2, 0.25) is 0 Å². The number of nitrogens with zero attached hydrogens (tertiary/aromatic N) is 5. The van der Waals surface area contributed by atoms with Crippen LogP contribution in [0.25, 0.3) is 5.69 Å². The van der Waals surface area contributed by atoms with Crippen molar-refractivity contribution in [3.63, 3.8) is 0 Å². The first-order valence-corrected chi connectivity index (χ1v) is 7.57. The van der Waals surface area contributed by atoms with E-state index in [4.69, 9.17) is 0 Å². The molecule has 7 nitrogen and oxygen atoms in total. The first kappa shape index (κ1) is 13.7. The van der Waals surface area contributed by atoms with E-state index >= 15 is 0 Å². The van der Waals surface area contributed by atoms with E-state index in [1.54, 1.807) is 23.3 Å². The topological polar surface area (TPSA) is 77.6 Å². The van der Waals surface area contributed by atoms with E-state index in [2.05, 4.69) is 20.5 Å². The van der Waals surface area contributed by atoms with Crippen molar-refractivity contribution in [1.82, 2.24) is 29.9 Å². The Kier molecular flexibility index (Phi) is 3.38. The van der Waals surface area contributed by atoms with Crippen molar-refractivity contribution in [3.8, 4) is 5.69 Å². The van der Waals surface area contributed by atoms with Crippen LogP contribution in [-0.2, 0) is 6.54 Å². The molecule has 0 saturated heterocycles. The van der Waals surface area contributed by atoms with Gasteiger partial charge in [0.1, 0.15) is 18.3 Å². The lowest BCUT2D eigenvalue weighted by molar-refractivity contribution is 0.0940. The monoisotopic (exact) mass is 308 g/mol. The second-order valence-electron chi connectivity index (χ2n) is 5.54. The molecule has 4 rings (SSSR count). The zero-order valence-corrected chi connectivity index (χ0v) is 12.5. The Hall–Kier alpha value is -2.96. The lowest BCUT2D eigenvalue weighted by atomic mass is 10.1. The van der Waals surface area contributed by atoms with Crippen LogP contribution in [-0.4, -0.2) is 30.5 Å². The third kappa shape index (κ3) is 2.73. The Labute approximate surface area is 133 Å². The molecule has 1 fully saturated rings. The minimum absolute atomic E-state index is 0.109. The van der Waals surface area contributed by atoms with Crippen LogP contribution >= 0.6 is 0 Å². The van der Waals surface area contributed by atoms with Crippen LogP contribution < -0.4 is 5.32 Å². The number of hydrogen-bond donors (Lipinski definition) is 1. The van der Waals surface area contributed by atoms with Crippen LogP contribution in [0.4, 0.5) is 0 Å². The smallest absolute Gasteiger partial charge is 0.269 e. The number of para-hydroxylation sites is 1. The van der Waals surface area contributed by atoms with Crippen LogP contribution in [0.1, 0.15) is 34.9 Å². The zero-order chi connectivity index (χ0) is 15.6. The molecule has 2 aromatic heterocycles. The Morgan fingerprint density at radius 1 is 1.22 bits per heavy atom. The molecule has 0 spiro atoms. The van der Waals surface area contributed by atoms with E-state index < -0.39 is 0 Å². The van der Waals surface area contributed by atoms with Gasteiger partial charge in [0.15, 0.2) is 0 Å². The van der Waals surface area contributed by atoms with Crippen molar-refractivity contribution in [2.45, 2.75) is 25.4 Å². The van der Waals surface area contributed by atoms with Gasteiger partial charge in [0.05, 0.1) is 11.7 Å². The van der Waals surface area contributed by atoms with E-state index in [1.807, 2.05) is 28.9 Å². The summed E-state index contributed by atoms with van der Waals surface area (Å²) in [6.07, 6.45) is 7.00. The lowest BCUT2D eigenvalue weighted by Crippen LogP contribution is -2.26. The molecule has 0 unspecified atom stereocenters. The Balaban J connectivity index is 1.51. The number of amides is 1. The molecule has 1 aliphatic rings. The fourth-order valence-electron chi connectivity index (χ4n) is 2.59. The molecule has 1 amide bonds. The van der Waals surface area contributed by atoms with E-state index in [0.29, 0.717) is 18.3 Å². The van der Waals surface area contributed by atoms with Crippen molar-refractivity contribution < 1.29 is 4.79 Å². The van der Waals surface area contributed by atoms with Gasteiger partial charge in [0.25, 0.3) is 5.91 Å². The number of hydrogen-bond acceptors (Lipinski definition) is 4. The number of carbonyl (C=O) groups excluding carboxylic acids is 1. The number of aromatic nitrogens is 5. The molecular weight excluding hydrogens is 292 g/mol. The average molecular weight is 308 g/mol. The lowest BCUT2D eigenvalue weighted by Gasteiger charge is -2.11. The highest BCUT2D eigenvalue weighted by Crippen LogP contribution is 2.34. The fourth-order valence-corrected chi connectivity index (χ4v) is 2.59. The fraction of sp³-hybridized carbons (Fsp3) is 0.250. The summed E-state index contributed by atoms with van der Waals surface area (Å²) in [6.45, 7) is 0.421. The molecule has 1 saturated carbocycles. The molecule has 0 bridgehead atoms. The standard InChI is InChI=1S/C16H16N6O/c23-16(15-7-8-19-22(15)13-5-6-13)18-9-12-3-1-2-4-14(12)21-11-17-10-20-21/h1-4,7-8,10-11,13H,5-6,9H2,(H,18,23). The molecule has 116 valence electrons. The number of carbonyl (C=O) groups is 1. The quantitative estimate of drug-likeness (QED) is 0.778. The summed E-state index contributed by atoms with van der Waals surface area (Å²) < 4.78 is 3.51. The van der Waals surface area contributed by atoms with Gasteiger partial charge >= 0.3 is 0 Å². The minimum Gasteiger partial charge on any atom is -0.347 e. The van der Waals surface area contributed by atoms with Crippen LogP contribution in [0.15, 0.2) is 49.2 Å². The normalized spacial score (nSPS) is 13.9. The van der Waals surface area contributed by atoms with Gasteiger partial charge in [0, 0.05) is 12.7 Å². The highest BCUT2D eigenvalue weighted by atomic mass is 16.2. The number of nitrogens with one attached hydrogen (secondary N) is 1. The molecular formula is C16H16N6O. The third-order valence-corrected chi connectivity index (χ3v) is 3.89. The predicted molar refractivity (Wildman–Crippen MR) is 83.0 cm³/mol. The van der Waals surface area contributed by atoms with Gasteiger partial charge in [-0.05, 0) is 30.5 Å². The highest BCUT2D eigenvalue weighted by Gasteiger charge is 2.28. The third-order valence-electron chi connectivity index (χ3n) is 3.89. The summed E-state index contributed by atoms with van der Waals surface area (Å²) in [4.78, 5) is 16.4. The molecule has 2 heterocycles. The minimum atomic E-state index is -0.109. The first-order valence-electron chi connectivity index (χ1n) is 7.57. The Morgan fingerprint density at radius 3 is 2.87 bits per heavy atom. The van der Waals surface area contributed by atoms with Gasteiger partial charge in [-0.1, -0.05) is 18.2 Å². The molecule has 23 heavy (non-hydrogen) atoms. The van der Waals surface area contributed by atoms with E-state index in [1.165, 1.54) is 6.33 Å². The van der Waals surface area contributed by atoms with E-state index in [9.17, 15) is 4.79 Å². The number of benzene rings is 1. The molecule has 1 N–H and O–H groups in total. The largest absolute Gasteiger partial charge is 0.347 e. The van der Waals surface area contributed by atoms with Crippen LogP contribution in [0, 0.1) is 0 Å². The van der Waals surface area contributed by atoms with Crippen LogP contribution in [0.3, 0.4) is 0 Å². The summed E-state index contributed by atoms with van der Waals surface area (Å²) in [7, 11) is 0. The van der Waals surface area contributed by atoms with Gasteiger partial charge in [-0.3, -0.25) is 9.48 Å². The molecule has 0 radical (unpaired) electrons. The van der Waals surface area contributed by atoms with Crippen molar-refractivity contribution in [1.29, 1.82) is 0 Å². The Morgan fingerprint density at radius 2 is 2.09 bits per heavy atom. The Bertz CT molecular complexity index is 819. The van der Waals surface area contributed by atoms with Crippen LogP contribution in [0.5, 0.6) is 0 Å². The molecule has 3 aromatic rings. The molecule has 1 aliphatic carbocycles. The van der Waals surface area contributed by atoms with Crippen molar-refractivity contribution >= 4 is 5.91 Å². The average Bonchev–Trinajstić information content (AvgIpc) is 3.09. The maximum atomic E-state index is 12.4. The van der Waals surface area contributed by atoms with Gasteiger partial charge in [-0.15, -0.1) is 0 Å². The maximum absolute atomic E-state index is 12.4. The van der Waals surface area contributed by atoms with Gasteiger partial charge in [-0.25, -0.2) is 9.67 Å². The van der Waals surface area contributed by atoms with Gasteiger partial charge in [-0.2, -0.15) is 10.2 Å². The number of rotatable bonds is 5. The molecule has 1 aromatic carbocycles. The highest BCUT2D eigenvalue weighted by molar-refractivity contribution is 5.92. The second kappa shape index (κ2) is 5.68.